The lowest BCUT2D eigenvalue weighted by Gasteiger charge is -2.50. The summed E-state index contributed by atoms with van der Waals surface area (Å²) in [6.07, 6.45) is -3.71. The van der Waals surface area contributed by atoms with Crippen LogP contribution >= 0.6 is 11.3 Å². The largest absolute Gasteiger partial charge is 0.430 e. The van der Waals surface area contributed by atoms with Crippen LogP contribution < -0.4 is 5.32 Å². The molecule has 4 rings (SSSR count). The van der Waals surface area contributed by atoms with Gasteiger partial charge in [-0.2, -0.15) is 24.5 Å². The highest BCUT2D eigenvalue weighted by atomic mass is 32.1. The number of rotatable bonds is 4. The molecule has 1 spiro atoms. The summed E-state index contributed by atoms with van der Waals surface area (Å²) in [6, 6.07) is 9.06. The van der Waals surface area contributed by atoms with Crippen LogP contribution in [-0.2, 0) is 19.9 Å². The molecular formula is C23H25F3N2O3S. The average Bonchev–Trinajstić information content (AvgIpc) is 3.29. The van der Waals surface area contributed by atoms with Crippen molar-refractivity contribution >= 4 is 23.2 Å². The monoisotopic (exact) mass is 466 g/mol. The Labute approximate surface area is 188 Å². The van der Waals surface area contributed by atoms with Crippen molar-refractivity contribution in [1.82, 2.24) is 10.2 Å². The van der Waals surface area contributed by atoms with E-state index in [0.29, 0.717) is 25.8 Å². The van der Waals surface area contributed by atoms with Crippen molar-refractivity contribution in [2.24, 2.45) is 5.41 Å². The zero-order valence-electron chi connectivity index (χ0n) is 17.7. The molecule has 2 amide bonds. The van der Waals surface area contributed by atoms with Crippen molar-refractivity contribution in [2.75, 3.05) is 26.7 Å². The number of ether oxygens (including phenoxy) is 1. The Kier molecular flexibility index (Phi) is 6.06. The second-order valence-electron chi connectivity index (χ2n) is 8.49. The first-order valence-corrected chi connectivity index (χ1v) is 11.4. The Hall–Kier alpha value is -2.39. The average molecular weight is 467 g/mol. The van der Waals surface area contributed by atoms with Crippen molar-refractivity contribution in [3.8, 4) is 0 Å². The molecule has 1 aromatic heterocycles. The van der Waals surface area contributed by atoms with Crippen LogP contribution in [0.3, 0.4) is 0 Å². The summed E-state index contributed by atoms with van der Waals surface area (Å²) < 4.78 is 47.8. The van der Waals surface area contributed by atoms with Crippen LogP contribution in [0.4, 0.5) is 13.2 Å². The van der Waals surface area contributed by atoms with E-state index in [1.165, 1.54) is 29.2 Å². The minimum atomic E-state index is -4.93. The molecule has 2 aliphatic rings. The van der Waals surface area contributed by atoms with E-state index in [-0.39, 0.29) is 35.9 Å². The summed E-state index contributed by atoms with van der Waals surface area (Å²) >= 11 is 1.57. The van der Waals surface area contributed by atoms with Gasteiger partial charge in [-0.25, -0.2) is 0 Å². The molecule has 1 aromatic carbocycles. The number of thiophene rings is 1. The lowest BCUT2D eigenvalue weighted by molar-refractivity contribution is -0.271. The Morgan fingerprint density at radius 3 is 2.44 bits per heavy atom. The summed E-state index contributed by atoms with van der Waals surface area (Å²) in [5, 5.41) is 6.95. The van der Waals surface area contributed by atoms with Gasteiger partial charge in [-0.3, -0.25) is 9.59 Å². The standard InChI is InChI=1S/C23H25F3N2O3S/c1-31-22(23(24,25)26,17-5-3-2-4-6-17)20(30)28-10-8-21(9-11-28)13-19(29)27-14-18(21)16-7-12-32-15-16/h2-7,12,15,18H,8-11,13-14H2,1H3,(H,27,29)/t18?,22-/m1/s1. The number of alkyl halides is 3. The van der Waals surface area contributed by atoms with Crippen LogP contribution in [0, 0.1) is 5.41 Å². The molecule has 1 N–H and O–H groups in total. The third-order valence-corrected chi connectivity index (χ3v) is 7.64. The van der Waals surface area contributed by atoms with Gasteiger partial charge < -0.3 is 15.0 Å². The number of hydrogen-bond acceptors (Lipinski definition) is 4. The normalized spacial score (nSPS) is 22.9. The molecule has 2 fully saturated rings. The number of amides is 2. The van der Waals surface area contributed by atoms with Crippen LogP contribution in [0.5, 0.6) is 0 Å². The Morgan fingerprint density at radius 2 is 1.88 bits per heavy atom. The lowest BCUT2D eigenvalue weighted by Crippen LogP contribution is -2.60. The molecule has 2 atom stereocenters. The predicted molar refractivity (Wildman–Crippen MR) is 114 cm³/mol. The molecule has 0 saturated carbocycles. The molecule has 3 heterocycles. The zero-order chi connectivity index (χ0) is 23.0. The smallest absolute Gasteiger partial charge is 0.356 e. The van der Waals surface area contributed by atoms with Gasteiger partial charge in [0.1, 0.15) is 0 Å². The van der Waals surface area contributed by atoms with Crippen LogP contribution in [0.15, 0.2) is 47.2 Å². The number of methoxy groups -OCH3 is 1. The van der Waals surface area contributed by atoms with E-state index in [1.54, 1.807) is 17.4 Å². The summed E-state index contributed by atoms with van der Waals surface area (Å²) in [5.74, 6) is -1.09. The van der Waals surface area contributed by atoms with E-state index in [4.69, 9.17) is 4.74 Å². The van der Waals surface area contributed by atoms with E-state index >= 15 is 0 Å². The van der Waals surface area contributed by atoms with Crippen molar-refractivity contribution in [3.63, 3.8) is 0 Å². The summed E-state index contributed by atoms with van der Waals surface area (Å²) in [4.78, 5) is 26.8. The Balaban J connectivity index is 1.61. The highest BCUT2D eigenvalue weighted by Crippen LogP contribution is 2.50. The van der Waals surface area contributed by atoms with E-state index in [1.807, 2.05) is 11.4 Å². The highest BCUT2D eigenvalue weighted by Gasteiger charge is 2.64. The number of hydrogen-bond donors (Lipinski definition) is 1. The van der Waals surface area contributed by atoms with Gasteiger partial charge in [0, 0.05) is 44.6 Å². The number of nitrogens with one attached hydrogen (secondary N) is 1. The maximum Gasteiger partial charge on any atom is 0.430 e. The first-order chi connectivity index (χ1) is 15.2. The number of likely N-dealkylation sites (tertiary alicyclic amines) is 1. The van der Waals surface area contributed by atoms with E-state index in [2.05, 4.69) is 10.7 Å². The summed E-state index contributed by atoms with van der Waals surface area (Å²) in [5.41, 5.74) is -2.55. The quantitative estimate of drug-likeness (QED) is 0.739. The fourth-order valence-electron chi connectivity index (χ4n) is 5.19. The number of benzene rings is 1. The minimum absolute atomic E-state index is 0.0536. The molecule has 0 aliphatic carbocycles. The molecule has 0 radical (unpaired) electrons. The van der Waals surface area contributed by atoms with Crippen LogP contribution in [-0.4, -0.2) is 49.6 Å². The molecule has 172 valence electrons. The molecule has 0 bridgehead atoms. The fourth-order valence-corrected chi connectivity index (χ4v) is 5.90. The topological polar surface area (TPSA) is 58.6 Å². The number of halogens is 3. The Morgan fingerprint density at radius 1 is 1.19 bits per heavy atom. The van der Waals surface area contributed by atoms with Crippen molar-refractivity contribution in [3.05, 3.63) is 58.3 Å². The van der Waals surface area contributed by atoms with E-state index in [0.717, 1.165) is 12.7 Å². The lowest BCUT2D eigenvalue weighted by atomic mass is 9.63. The van der Waals surface area contributed by atoms with Gasteiger partial charge in [0.05, 0.1) is 0 Å². The molecule has 1 unspecified atom stereocenters. The first-order valence-electron chi connectivity index (χ1n) is 10.5. The van der Waals surface area contributed by atoms with Gasteiger partial charge in [0.2, 0.25) is 5.91 Å². The van der Waals surface area contributed by atoms with Crippen molar-refractivity contribution in [2.45, 2.75) is 37.0 Å². The maximum atomic E-state index is 14.3. The highest BCUT2D eigenvalue weighted by molar-refractivity contribution is 7.08. The maximum absolute atomic E-state index is 14.3. The number of piperidine rings is 2. The van der Waals surface area contributed by atoms with Crippen molar-refractivity contribution < 1.29 is 27.5 Å². The molecule has 2 saturated heterocycles. The number of nitrogens with zero attached hydrogens (tertiary/aromatic N) is 1. The van der Waals surface area contributed by atoms with Crippen molar-refractivity contribution in [1.29, 1.82) is 0 Å². The van der Waals surface area contributed by atoms with Gasteiger partial charge in [-0.05, 0) is 40.6 Å². The van der Waals surface area contributed by atoms with E-state index < -0.39 is 17.7 Å². The van der Waals surface area contributed by atoms with Gasteiger partial charge in [0.15, 0.2) is 0 Å². The van der Waals surface area contributed by atoms with Crippen LogP contribution in [0.2, 0.25) is 0 Å². The number of carbonyl (C=O) groups excluding carboxylic acids is 2. The predicted octanol–water partition coefficient (Wildman–Crippen LogP) is 4.06. The second-order valence-corrected chi connectivity index (χ2v) is 9.27. The molecule has 9 heteroatoms. The van der Waals surface area contributed by atoms with Gasteiger partial charge in [-0.15, -0.1) is 0 Å². The molecule has 32 heavy (non-hydrogen) atoms. The van der Waals surface area contributed by atoms with Gasteiger partial charge in [0.25, 0.3) is 11.5 Å². The zero-order valence-corrected chi connectivity index (χ0v) is 18.5. The molecule has 2 aromatic rings. The van der Waals surface area contributed by atoms with Crippen LogP contribution in [0.1, 0.15) is 36.3 Å². The van der Waals surface area contributed by atoms with Gasteiger partial charge in [-0.1, -0.05) is 30.3 Å². The molecule has 2 aliphatic heterocycles. The molecular weight excluding hydrogens is 441 g/mol. The minimum Gasteiger partial charge on any atom is -0.356 e. The SMILES string of the molecule is CO[C@@](C(=O)N1CCC2(CC1)CC(=O)NCC2c1ccsc1)(c1ccccc1)C(F)(F)F. The van der Waals surface area contributed by atoms with Crippen LogP contribution in [0.25, 0.3) is 0 Å². The first kappa shape index (κ1) is 22.8. The third kappa shape index (κ3) is 3.71. The summed E-state index contributed by atoms with van der Waals surface area (Å²) in [6.45, 7) is 0.777. The molecule has 5 nitrogen and oxygen atoms in total. The Bertz CT molecular complexity index is 957. The fraction of sp³-hybridized carbons (Fsp3) is 0.478. The van der Waals surface area contributed by atoms with Gasteiger partial charge >= 0.3 is 6.18 Å². The van der Waals surface area contributed by atoms with E-state index in [9.17, 15) is 22.8 Å². The summed E-state index contributed by atoms with van der Waals surface area (Å²) in [7, 11) is 0.919. The second kappa shape index (κ2) is 8.51. The third-order valence-electron chi connectivity index (χ3n) is 6.93. The number of carbonyl (C=O) groups is 2.